The summed E-state index contributed by atoms with van der Waals surface area (Å²) < 4.78 is 0. The quantitative estimate of drug-likeness (QED) is 0.613. The second-order valence-electron chi connectivity index (χ2n) is 13.2. The van der Waals surface area contributed by atoms with Gasteiger partial charge in [-0.3, -0.25) is 9.69 Å². The number of rotatable bonds is 0. The zero-order valence-corrected chi connectivity index (χ0v) is 19.8. The number of hydrogen-bond acceptors (Lipinski definition) is 4. The van der Waals surface area contributed by atoms with Crippen LogP contribution in [0.3, 0.4) is 0 Å². The van der Waals surface area contributed by atoms with Gasteiger partial charge in [0, 0.05) is 31.5 Å². The number of ketones is 1. The fraction of sp³-hybridized carbons (Fsp3) is 0.963. The van der Waals surface area contributed by atoms with E-state index in [2.05, 4.69) is 25.7 Å². The SMILES string of the molecule is C[C@H]1CCC2N(CC3C4CC5C(CC(=O)C6C[C@@H](O)CCC65C)C4CC[C@H]3C2(C)O)C1. The van der Waals surface area contributed by atoms with Gasteiger partial charge in [0.05, 0.1) is 11.7 Å². The van der Waals surface area contributed by atoms with Crippen LogP contribution in [0.25, 0.3) is 0 Å². The molecule has 0 aromatic heterocycles. The van der Waals surface area contributed by atoms with E-state index in [1.54, 1.807) is 0 Å². The van der Waals surface area contributed by atoms with Crippen LogP contribution < -0.4 is 0 Å². The van der Waals surface area contributed by atoms with Crippen molar-refractivity contribution in [2.45, 2.75) is 96.3 Å². The van der Waals surface area contributed by atoms with Crippen LogP contribution in [0.4, 0.5) is 0 Å². The Morgan fingerprint density at radius 1 is 0.903 bits per heavy atom. The molecule has 4 nitrogen and oxygen atoms in total. The second-order valence-corrected chi connectivity index (χ2v) is 13.2. The van der Waals surface area contributed by atoms with Gasteiger partial charge < -0.3 is 10.2 Å². The summed E-state index contributed by atoms with van der Waals surface area (Å²) in [6, 6.07) is 0.341. The van der Waals surface area contributed by atoms with Gasteiger partial charge in [-0.05, 0) is 105 Å². The van der Waals surface area contributed by atoms with E-state index in [-0.39, 0.29) is 17.4 Å². The number of carbonyl (C=O) groups is 1. The third-order valence-corrected chi connectivity index (χ3v) is 11.8. The maximum atomic E-state index is 13.2. The van der Waals surface area contributed by atoms with Crippen LogP contribution in [-0.2, 0) is 4.79 Å². The van der Waals surface area contributed by atoms with Gasteiger partial charge in [0.25, 0.3) is 0 Å². The molecule has 0 aromatic rings. The number of Topliss-reactive ketones (excluding diaryl/α,β-unsaturated/α-hetero) is 1. The maximum absolute atomic E-state index is 13.2. The van der Waals surface area contributed by atoms with Crippen LogP contribution in [0.1, 0.15) is 78.6 Å². The Hall–Kier alpha value is -0.450. The highest BCUT2D eigenvalue weighted by molar-refractivity contribution is 5.83. The Labute approximate surface area is 188 Å². The van der Waals surface area contributed by atoms with Crippen LogP contribution >= 0.6 is 0 Å². The van der Waals surface area contributed by atoms with E-state index in [0.717, 1.165) is 44.6 Å². The molecule has 4 heteroatoms. The molecule has 0 aromatic carbocycles. The van der Waals surface area contributed by atoms with Gasteiger partial charge in [-0.1, -0.05) is 13.8 Å². The molecule has 174 valence electrons. The Kier molecular flexibility index (Phi) is 4.78. The molecule has 4 saturated carbocycles. The second kappa shape index (κ2) is 7.03. The molecule has 2 saturated heterocycles. The highest BCUT2D eigenvalue weighted by atomic mass is 16.3. The molecule has 2 N–H and O–H groups in total. The lowest BCUT2D eigenvalue weighted by molar-refractivity contribution is -0.175. The van der Waals surface area contributed by atoms with Crippen LogP contribution in [0, 0.1) is 52.8 Å². The summed E-state index contributed by atoms with van der Waals surface area (Å²) in [7, 11) is 0. The minimum atomic E-state index is -0.570. The Morgan fingerprint density at radius 3 is 2.52 bits per heavy atom. The molecule has 2 heterocycles. The first-order valence-corrected chi connectivity index (χ1v) is 13.4. The van der Waals surface area contributed by atoms with Gasteiger partial charge in [0.15, 0.2) is 0 Å². The van der Waals surface area contributed by atoms with Gasteiger partial charge in [-0.15, -0.1) is 0 Å². The first kappa shape index (κ1) is 21.1. The van der Waals surface area contributed by atoms with E-state index in [4.69, 9.17) is 0 Å². The van der Waals surface area contributed by atoms with E-state index in [1.807, 2.05) is 0 Å². The van der Waals surface area contributed by atoms with Crippen LogP contribution in [0.5, 0.6) is 0 Å². The number of aliphatic hydroxyl groups is 2. The molecule has 9 unspecified atom stereocenters. The van der Waals surface area contributed by atoms with E-state index in [9.17, 15) is 15.0 Å². The van der Waals surface area contributed by atoms with E-state index in [1.165, 1.54) is 25.8 Å². The summed E-state index contributed by atoms with van der Waals surface area (Å²) >= 11 is 0. The number of piperidine rings is 2. The van der Waals surface area contributed by atoms with E-state index < -0.39 is 5.60 Å². The lowest BCUT2D eigenvalue weighted by atomic mass is 9.51. The van der Waals surface area contributed by atoms with E-state index in [0.29, 0.717) is 53.8 Å². The highest BCUT2D eigenvalue weighted by Gasteiger charge is 2.64. The zero-order valence-electron chi connectivity index (χ0n) is 19.8. The Balaban J connectivity index is 1.31. The van der Waals surface area contributed by atoms with Crippen LogP contribution in [-0.4, -0.2) is 51.7 Å². The van der Waals surface area contributed by atoms with Crippen molar-refractivity contribution in [1.82, 2.24) is 4.90 Å². The van der Waals surface area contributed by atoms with Crippen molar-refractivity contribution in [3.63, 3.8) is 0 Å². The summed E-state index contributed by atoms with van der Waals surface area (Å²) in [5.41, 5.74) is -0.482. The van der Waals surface area contributed by atoms with Crippen molar-refractivity contribution in [2.75, 3.05) is 13.1 Å². The van der Waals surface area contributed by atoms with Gasteiger partial charge in [-0.2, -0.15) is 0 Å². The molecule has 0 amide bonds. The number of aliphatic hydroxyl groups excluding tert-OH is 1. The summed E-state index contributed by atoms with van der Waals surface area (Å²) in [5.74, 6) is 4.82. The van der Waals surface area contributed by atoms with Crippen molar-refractivity contribution in [3.05, 3.63) is 0 Å². The molecule has 0 spiro atoms. The maximum Gasteiger partial charge on any atom is 0.136 e. The molecule has 6 aliphatic rings. The normalized spacial score (nSPS) is 59.2. The smallest absolute Gasteiger partial charge is 0.136 e. The number of carbonyl (C=O) groups excluding carboxylic acids is 1. The van der Waals surface area contributed by atoms with Crippen LogP contribution in [0.2, 0.25) is 0 Å². The average molecular weight is 430 g/mol. The molecule has 31 heavy (non-hydrogen) atoms. The summed E-state index contributed by atoms with van der Waals surface area (Å²) in [5, 5.41) is 22.1. The lowest BCUT2D eigenvalue weighted by Gasteiger charge is -2.59. The Morgan fingerprint density at radius 2 is 1.71 bits per heavy atom. The Bertz CT molecular complexity index is 751. The van der Waals surface area contributed by atoms with E-state index >= 15 is 0 Å². The summed E-state index contributed by atoms with van der Waals surface area (Å²) in [6.07, 6.45) is 9.08. The molecule has 0 radical (unpaired) electrons. The molecule has 12 atom stereocenters. The van der Waals surface area contributed by atoms with Crippen molar-refractivity contribution in [3.8, 4) is 0 Å². The zero-order chi connectivity index (χ0) is 21.7. The van der Waals surface area contributed by atoms with Crippen molar-refractivity contribution in [1.29, 1.82) is 0 Å². The molecule has 4 aliphatic carbocycles. The molecular weight excluding hydrogens is 386 g/mol. The summed E-state index contributed by atoms with van der Waals surface area (Å²) in [4.78, 5) is 15.9. The predicted molar refractivity (Wildman–Crippen MR) is 120 cm³/mol. The third-order valence-electron chi connectivity index (χ3n) is 11.8. The average Bonchev–Trinajstić information content (AvgIpc) is 3.09. The van der Waals surface area contributed by atoms with Crippen molar-refractivity contribution < 1.29 is 15.0 Å². The minimum absolute atomic E-state index is 0.0789. The first-order valence-electron chi connectivity index (χ1n) is 13.4. The third kappa shape index (κ3) is 2.93. The predicted octanol–water partition coefficient (Wildman–Crippen LogP) is 3.89. The number of hydrogen-bond donors (Lipinski definition) is 2. The topological polar surface area (TPSA) is 60.8 Å². The van der Waals surface area contributed by atoms with Crippen LogP contribution in [0.15, 0.2) is 0 Å². The standard InChI is InChI=1S/C27H43NO3/c1-15-4-7-25-27(3,31)21-6-5-17-18(20(21)14-28(25)13-15)11-22-19(17)12-24(30)23-10-16(29)8-9-26(22,23)2/h15-23,25,29,31H,4-14H2,1-3H3/t15-,16-,17?,18?,19?,20?,21+,22?,23?,25?,26?,27?/m0/s1. The first-order chi connectivity index (χ1) is 14.7. The van der Waals surface area contributed by atoms with Gasteiger partial charge in [0.2, 0.25) is 0 Å². The summed E-state index contributed by atoms with van der Waals surface area (Å²) in [6.45, 7) is 9.23. The minimum Gasteiger partial charge on any atom is -0.393 e. The fourth-order valence-corrected chi connectivity index (χ4v) is 10.4. The largest absolute Gasteiger partial charge is 0.393 e. The van der Waals surface area contributed by atoms with Crippen molar-refractivity contribution >= 4 is 5.78 Å². The van der Waals surface area contributed by atoms with Gasteiger partial charge in [-0.25, -0.2) is 0 Å². The fourth-order valence-electron chi connectivity index (χ4n) is 10.4. The lowest BCUT2D eigenvalue weighted by Crippen LogP contribution is -2.67. The molecule has 2 aliphatic heterocycles. The van der Waals surface area contributed by atoms with Gasteiger partial charge >= 0.3 is 0 Å². The molecular formula is C27H43NO3. The highest BCUT2D eigenvalue weighted by Crippen LogP contribution is 2.66. The molecule has 0 bridgehead atoms. The monoisotopic (exact) mass is 429 g/mol. The molecule has 6 fully saturated rings. The van der Waals surface area contributed by atoms with Crippen molar-refractivity contribution in [2.24, 2.45) is 52.8 Å². The number of nitrogens with zero attached hydrogens (tertiary/aromatic N) is 1. The number of fused-ring (bicyclic) bond motifs is 8. The van der Waals surface area contributed by atoms with Gasteiger partial charge in [0.1, 0.15) is 5.78 Å². The molecule has 6 rings (SSSR count).